The molecule has 2 unspecified atom stereocenters. The van der Waals surface area contributed by atoms with Gasteiger partial charge in [-0.05, 0) is 31.4 Å². The van der Waals surface area contributed by atoms with Crippen molar-refractivity contribution >= 4 is 17.3 Å². The van der Waals surface area contributed by atoms with Gasteiger partial charge in [-0.2, -0.15) is 13.2 Å². The Morgan fingerprint density at radius 3 is 2.67 bits per heavy atom. The molecule has 0 aliphatic heterocycles. The van der Waals surface area contributed by atoms with E-state index in [1.54, 1.807) is 0 Å². The number of benzene rings is 1. The number of hydrogen-bond acceptors (Lipinski definition) is 3. The van der Waals surface area contributed by atoms with Gasteiger partial charge < -0.3 is 16.2 Å². The molecular weight excluding hydrogens is 285 g/mol. The zero-order valence-corrected chi connectivity index (χ0v) is 11.3. The second-order valence-electron chi connectivity index (χ2n) is 5.36. The molecule has 1 aliphatic rings. The zero-order valence-electron chi connectivity index (χ0n) is 11.3. The predicted molar refractivity (Wildman–Crippen MR) is 72.7 cm³/mol. The summed E-state index contributed by atoms with van der Waals surface area (Å²) in [6.45, 7) is 0. The number of aromatic hydroxyl groups is 1. The SMILES string of the molecule is Nc1cc(O)ccc1NC(=O)C1CCCC(C(F)(F)F)C1. The third kappa shape index (κ3) is 3.80. The van der Waals surface area contributed by atoms with Crippen LogP contribution in [0.2, 0.25) is 0 Å². The van der Waals surface area contributed by atoms with Crippen LogP contribution in [0, 0.1) is 11.8 Å². The summed E-state index contributed by atoms with van der Waals surface area (Å²) in [4.78, 5) is 12.1. The van der Waals surface area contributed by atoms with Gasteiger partial charge in [-0.25, -0.2) is 0 Å². The summed E-state index contributed by atoms with van der Waals surface area (Å²) < 4.78 is 38.2. The van der Waals surface area contributed by atoms with Crippen LogP contribution in [0.5, 0.6) is 5.75 Å². The number of carbonyl (C=O) groups excluding carboxylic acids is 1. The molecule has 1 aromatic rings. The highest BCUT2D eigenvalue weighted by Crippen LogP contribution is 2.40. The molecule has 1 saturated carbocycles. The van der Waals surface area contributed by atoms with Crippen LogP contribution >= 0.6 is 0 Å². The van der Waals surface area contributed by atoms with Crippen molar-refractivity contribution in [1.29, 1.82) is 0 Å². The molecule has 7 heteroatoms. The normalized spacial score (nSPS) is 22.8. The van der Waals surface area contributed by atoms with Crippen LogP contribution in [0.4, 0.5) is 24.5 Å². The smallest absolute Gasteiger partial charge is 0.391 e. The number of nitrogens with two attached hydrogens (primary N) is 1. The summed E-state index contributed by atoms with van der Waals surface area (Å²) in [7, 11) is 0. The maximum absolute atomic E-state index is 12.7. The largest absolute Gasteiger partial charge is 0.508 e. The lowest BCUT2D eigenvalue weighted by Crippen LogP contribution is -2.34. The summed E-state index contributed by atoms with van der Waals surface area (Å²) in [5, 5.41) is 11.8. The van der Waals surface area contributed by atoms with Gasteiger partial charge in [0.2, 0.25) is 5.91 Å². The van der Waals surface area contributed by atoms with Crippen LogP contribution in [0.15, 0.2) is 18.2 Å². The van der Waals surface area contributed by atoms with E-state index in [9.17, 15) is 23.1 Å². The van der Waals surface area contributed by atoms with Gasteiger partial charge in [0, 0.05) is 12.0 Å². The number of nitrogen functional groups attached to an aromatic ring is 1. The van der Waals surface area contributed by atoms with Crippen molar-refractivity contribution in [3.05, 3.63) is 18.2 Å². The fourth-order valence-electron chi connectivity index (χ4n) is 2.62. The molecule has 1 aromatic carbocycles. The van der Waals surface area contributed by atoms with E-state index in [1.165, 1.54) is 18.2 Å². The molecule has 2 rings (SSSR count). The Bertz CT molecular complexity index is 531. The second-order valence-corrected chi connectivity index (χ2v) is 5.36. The highest BCUT2D eigenvalue weighted by Gasteiger charge is 2.43. The van der Waals surface area contributed by atoms with Crippen LogP contribution in [0.3, 0.4) is 0 Å². The van der Waals surface area contributed by atoms with Crippen molar-refractivity contribution in [3.8, 4) is 5.75 Å². The lowest BCUT2D eigenvalue weighted by molar-refractivity contribution is -0.185. The summed E-state index contributed by atoms with van der Waals surface area (Å²) >= 11 is 0. The molecular formula is C14H17F3N2O2. The van der Waals surface area contributed by atoms with Crippen molar-refractivity contribution in [2.24, 2.45) is 11.8 Å². The first kappa shape index (κ1) is 15.5. The lowest BCUT2D eigenvalue weighted by Gasteiger charge is -2.29. The van der Waals surface area contributed by atoms with E-state index >= 15 is 0 Å². The Balaban J connectivity index is 2.03. The van der Waals surface area contributed by atoms with Crippen molar-refractivity contribution in [2.75, 3.05) is 11.1 Å². The first-order valence-electron chi connectivity index (χ1n) is 6.73. The van der Waals surface area contributed by atoms with Crippen molar-refractivity contribution < 1.29 is 23.1 Å². The maximum atomic E-state index is 12.7. The topological polar surface area (TPSA) is 75.3 Å². The lowest BCUT2D eigenvalue weighted by atomic mass is 9.80. The second kappa shape index (κ2) is 5.83. The number of nitrogens with one attached hydrogen (secondary N) is 1. The van der Waals surface area contributed by atoms with E-state index in [4.69, 9.17) is 5.73 Å². The molecule has 0 aromatic heterocycles. The Morgan fingerprint density at radius 1 is 1.33 bits per heavy atom. The Labute approximate surface area is 120 Å². The van der Waals surface area contributed by atoms with E-state index in [0.717, 1.165) is 0 Å². The molecule has 1 amide bonds. The first-order chi connectivity index (χ1) is 9.77. The number of anilines is 2. The molecule has 0 radical (unpaired) electrons. The number of amides is 1. The molecule has 0 heterocycles. The third-order valence-corrected chi connectivity index (χ3v) is 3.80. The van der Waals surface area contributed by atoms with Crippen molar-refractivity contribution in [2.45, 2.75) is 31.9 Å². The molecule has 0 saturated heterocycles. The van der Waals surface area contributed by atoms with Crippen LogP contribution in [-0.4, -0.2) is 17.2 Å². The molecule has 4 N–H and O–H groups in total. The van der Waals surface area contributed by atoms with E-state index in [1.807, 2.05) is 0 Å². The van der Waals surface area contributed by atoms with Crippen LogP contribution in [0.1, 0.15) is 25.7 Å². The number of hydrogen-bond donors (Lipinski definition) is 3. The van der Waals surface area contributed by atoms with E-state index in [-0.39, 0.29) is 24.3 Å². The van der Waals surface area contributed by atoms with E-state index < -0.39 is 23.9 Å². The summed E-state index contributed by atoms with van der Waals surface area (Å²) in [5.41, 5.74) is 6.11. The summed E-state index contributed by atoms with van der Waals surface area (Å²) in [5.74, 6) is -2.58. The molecule has 0 bridgehead atoms. The minimum Gasteiger partial charge on any atom is -0.508 e. The fraction of sp³-hybridized carbons (Fsp3) is 0.500. The van der Waals surface area contributed by atoms with Gasteiger partial charge in [-0.1, -0.05) is 6.42 Å². The monoisotopic (exact) mass is 302 g/mol. The number of phenols is 1. The molecule has 0 spiro atoms. The van der Waals surface area contributed by atoms with Crippen LogP contribution in [0.25, 0.3) is 0 Å². The average molecular weight is 302 g/mol. The van der Waals surface area contributed by atoms with Crippen LogP contribution < -0.4 is 11.1 Å². The fourth-order valence-corrected chi connectivity index (χ4v) is 2.62. The standard InChI is InChI=1S/C14H17F3N2O2/c15-14(16,17)9-3-1-2-8(6-9)13(21)19-12-5-4-10(20)7-11(12)18/h4-5,7-9,20H,1-3,6,18H2,(H,19,21). The molecule has 1 fully saturated rings. The summed E-state index contributed by atoms with van der Waals surface area (Å²) in [6, 6.07) is 4.05. The average Bonchev–Trinajstić information content (AvgIpc) is 2.41. The highest BCUT2D eigenvalue weighted by molar-refractivity contribution is 5.95. The molecule has 2 atom stereocenters. The molecule has 21 heavy (non-hydrogen) atoms. The number of carbonyl (C=O) groups is 1. The highest BCUT2D eigenvalue weighted by atomic mass is 19.4. The van der Waals surface area contributed by atoms with Gasteiger partial charge in [0.05, 0.1) is 17.3 Å². The van der Waals surface area contributed by atoms with Gasteiger partial charge in [-0.15, -0.1) is 0 Å². The van der Waals surface area contributed by atoms with Crippen molar-refractivity contribution in [3.63, 3.8) is 0 Å². The van der Waals surface area contributed by atoms with E-state index in [0.29, 0.717) is 18.5 Å². The number of rotatable bonds is 2. The first-order valence-corrected chi connectivity index (χ1v) is 6.73. The summed E-state index contributed by atoms with van der Waals surface area (Å²) in [6.07, 6.45) is -3.54. The molecule has 116 valence electrons. The molecule has 4 nitrogen and oxygen atoms in total. The number of alkyl halides is 3. The van der Waals surface area contributed by atoms with Gasteiger partial charge >= 0.3 is 6.18 Å². The van der Waals surface area contributed by atoms with Gasteiger partial charge in [0.1, 0.15) is 5.75 Å². The number of halogens is 3. The minimum atomic E-state index is -4.25. The maximum Gasteiger partial charge on any atom is 0.391 e. The minimum absolute atomic E-state index is 0.0414. The van der Waals surface area contributed by atoms with E-state index in [2.05, 4.69) is 5.32 Å². The Kier molecular flexibility index (Phi) is 4.29. The molecule has 1 aliphatic carbocycles. The van der Waals surface area contributed by atoms with Gasteiger partial charge in [0.15, 0.2) is 0 Å². The van der Waals surface area contributed by atoms with Gasteiger partial charge in [-0.3, -0.25) is 4.79 Å². The quantitative estimate of drug-likeness (QED) is 0.579. The van der Waals surface area contributed by atoms with Crippen LogP contribution in [-0.2, 0) is 4.79 Å². The zero-order chi connectivity index (χ0) is 15.6. The van der Waals surface area contributed by atoms with Gasteiger partial charge in [0.25, 0.3) is 0 Å². The predicted octanol–water partition coefficient (Wildman–Crippen LogP) is 3.28. The Morgan fingerprint density at radius 2 is 2.05 bits per heavy atom. The van der Waals surface area contributed by atoms with Crippen molar-refractivity contribution in [1.82, 2.24) is 0 Å². The third-order valence-electron chi connectivity index (χ3n) is 3.80. The number of phenolic OH excluding ortho intramolecular Hbond substituents is 1. The Hall–Kier alpha value is -1.92.